The molecule has 1 aromatic carbocycles. The highest BCUT2D eigenvalue weighted by Crippen LogP contribution is 2.33. The molecule has 0 radical (unpaired) electrons. The third-order valence-electron chi connectivity index (χ3n) is 2.69. The molecule has 0 saturated carbocycles. The zero-order chi connectivity index (χ0) is 14.0. The van der Waals surface area contributed by atoms with Crippen LogP contribution in [-0.4, -0.2) is 35.5 Å². The fraction of sp³-hybridized carbons (Fsp3) is 0.250. The summed E-state index contributed by atoms with van der Waals surface area (Å²) in [6.07, 6.45) is -1.63. The Morgan fingerprint density at radius 3 is 2.68 bits per heavy atom. The fourth-order valence-electron chi connectivity index (χ4n) is 1.84. The lowest BCUT2D eigenvalue weighted by molar-refractivity contribution is -0.140. The number of amides is 2. The molecule has 19 heavy (non-hydrogen) atoms. The van der Waals surface area contributed by atoms with Gasteiger partial charge in [0.1, 0.15) is 12.2 Å². The van der Waals surface area contributed by atoms with E-state index in [2.05, 4.69) is 0 Å². The molecule has 1 aliphatic rings. The van der Waals surface area contributed by atoms with Crippen molar-refractivity contribution < 1.29 is 24.2 Å². The molecule has 0 fully saturated rings. The number of aliphatic carboxylic acids is 1. The number of para-hydroxylation sites is 2. The Balaban J connectivity index is 2.33. The van der Waals surface area contributed by atoms with E-state index in [1.807, 2.05) is 0 Å². The van der Waals surface area contributed by atoms with Crippen molar-refractivity contribution >= 4 is 23.5 Å². The molecule has 2 amide bonds. The molecular weight excluding hydrogens is 252 g/mol. The molecule has 1 unspecified atom stereocenters. The molecule has 0 spiro atoms. The first-order valence-electron chi connectivity index (χ1n) is 5.56. The Labute approximate surface area is 108 Å². The monoisotopic (exact) mass is 264 g/mol. The molecule has 1 heterocycles. The summed E-state index contributed by atoms with van der Waals surface area (Å²) >= 11 is 0. The summed E-state index contributed by atoms with van der Waals surface area (Å²) in [4.78, 5) is 34.9. The minimum absolute atomic E-state index is 0.0849. The van der Waals surface area contributed by atoms with Crippen molar-refractivity contribution in [2.45, 2.75) is 12.5 Å². The Kier molecular flexibility index (Phi) is 3.37. The first-order chi connectivity index (χ1) is 8.99. The van der Waals surface area contributed by atoms with E-state index in [0.29, 0.717) is 11.4 Å². The number of hydrogen-bond acceptors (Lipinski definition) is 4. The maximum Gasteiger partial charge on any atom is 0.312 e. The van der Waals surface area contributed by atoms with Gasteiger partial charge >= 0.3 is 5.97 Å². The number of carbonyl (C=O) groups excluding carboxylic acids is 2. The molecule has 0 saturated heterocycles. The van der Waals surface area contributed by atoms with Gasteiger partial charge < -0.3 is 20.5 Å². The molecule has 0 aromatic heterocycles. The lowest BCUT2D eigenvalue weighted by Gasteiger charge is -2.33. The van der Waals surface area contributed by atoms with Crippen molar-refractivity contribution in [3.8, 4) is 5.75 Å². The smallest absolute Gasteiger partial charge is 0.312 e. The Morgan fingerprint density at radius 2 is 2.05 bits per heavy atom. The van der Waals surface area contributed by atoms with Crippen molar-refractivity contribution in [1.82, 2.24) is 0 Å². The van der Waals surface area contributed by atoms with Gasteiger partial charge in [0.25, 0.3) is 5.91 Å². The second-order valence-corrected chi connectivity index (χ2v) is 4.05. The number of fused-ring (bicyclic) bond motifs is 1. The number of carboxylic acid groups (broad SMARTS) is 1. The normalized spacial score (nSPS) is 17.3. The average molecular weight is 264 g/mol. The molecule has 2 rings (SSSR count). The number of primary amides is 1. The summed E-state index contributed by atoms with van der Waals surface area (Å²) in [5, 5.41) is 8.67. The van der Waals surface area contributed by atoms with Gasteiger partial charge in [0, 0.05) is 0 Å². The van der Waals surface area contributed by atoms with Crippen molar-refractivity contribution in [2.24, 2.45) is 5.73 Å². The topological polar surface area (TPSA) is 110 Å². The standard InChI is InChI=1S/C12H12N2O5/c13-12(18)9-6-14(10(15)5-11(16)17)7-3-1-2-4-8(7)19-9/h1-4,9H,5-6H2,(H2,13,18)(H,16,17). The second kappa shape index (κ2) is 4.97. The highest BCUT2D eigenvalue weighted by molar-refractivity contribution is 6.04. The van der Waals surface area contributed by atoms with Crippen LogP contribution in [0.1, 0.15) is 6.42 Å². The molecule has 0 aliphatic carbocycles. The number of benzene rings is 1. The van der Waals surface area contributed by atoms with Crippen LogP contribution in [0, 0.1) is 0 Å². The molecule has 7 heteroatoms. The van der Waals surface area contributed by atoms with E-state index in [-0.39, 0.29) is 6.54 Å². The third kappa shape index (κ3) is 2.65. The van der Waals surface area contributed by atoms with Crippen LogP contribution in [0.2, 0.25) is 0 Å². The van der Waals surface area contributed by atoms with E-state index in [9.17, 15) is 14.4 Å². The number of nitrogens with zero attached hydrogens (tertiary/aromatic N) is 1. The fourth-order valence-corrected chi connectivity index (χ4v) is 1.84. The van der Waals surface area contributed by atoms with Gasteiger partial charge in [-0.25, -0.2) is 0 Å². The van der Waals surface area contributed by atoms with E-state index < -0.39 is 30.3 Å². The minimum atomic E-state index is -1.23. The molecule has 1 aromatic rings. The van der Waals surface area contributed by atoms with Gasteiger partial charge in [0.15, 0.2) is 6.10 Å². The Bertz CT molecular complexity index is 543. The van der Waals surface area contributed by atoms with E-state index in [0.717, 1.165) is 0 Å². The highest BCUT2D eigenvalue weighted by atomic mass is 16.5. The molecule has 0 bridgehead atoms. The van der Waals surface area contributed by atoms with Crippen LogP contribution in [0.25, 0.3) is 0 Å². The van der Waals surface area contributed by atoms with Crippen molar-refractivity contribution in [3.05, 3.63) is 24.3 Å². The molecule has 7 nitrogen and oxygen atoms in total. The van der Waals surface area contributed by atoms with Crippen LogP contribution in [0.15, 0.2) is 24.3 Å². The number of anilines is 1. The Morgan fingerprint density at radius 1 is 1.37 bits per heavy atom. The maximum atomic E-state index is 11.9. The number of ether oxygens (including phenoxy) is 1. The minimum Gasteiger partial charge on any atom is -0.481 e. The van der Waals surface area contributed by atoms with E-state index in [1.165, 1.54) is 4.90 Å². The highest BCUT2D eigenvalue weighted by Gasteiger charge is 2.33. The van der Waals surface area contributed by atoms with Gasteiger partial charge in [-0.15, -0.1) is 0 Å². The van der Waals surface area contributed by atoms with Crippen LogP contribution >= 0.6 is 0 Å². The SMILES string of the molecule is NC(=O)C1CN(C(=O)CC(=O)O)c2ccccc2O1. The van der Waals surface area contributed by atoms with Gasteiger partial charge in [0.05, 0.1) is 12.2 Å². The second-order valence-electron chi connectivity index (χ2n) is 4.05. The number of rotatable bonds is 3. The zero-order valence-corrected chi connectivity index (χ0v) is 9.91. The summed E-state index contributed by atoms with van der Waals surface area (Å²) in [5.41, 5.74) is 5.61. The van der Waals surface area contributed by atoms with Gasteiger partial charge in [-0.3, -0.25) is 14.4 Å². The number of nitrogens with two attached hydrogens (primary N) is 1. The lowest BCUT2D eigenvalue weighted by atomic mass is 10.1. The molecule has 3 N–H and O–H groups in total. The first-order valence-corrected chi connectivity index (χ1v) is 5.56. The number of carboxylic acids is 1. The van der Waals surface area contributed by atoms with E-state index >= 15 is 0 Å². The molecule has 1 aliphatic heterocycles. The van der Waals surface area contributed by atoms with Crippen LogP contribution in [-0.2, 0) is 14.4 Å². The summed E-state index contributed by atoms with van der Waals surface area (Å²) in [6.45, 7) is -0.0849. The molecule has 1 atom stereocenters. The predicted octanol–water partition coefficient (Wildman–Crippen LogP) is -0.259. The first kappa shape index (κ1) is 12.9. The Hall–Kier alpha value is -2.57. The number of carbonyl (C=O) groups is 3. The van der Waals surface area contributed by atoms with Gasteiger partial charge in [-0.2, -0.15) is 0 Å². The van der Waals surface area contributed by atoms with E-state index in [4.69, 9.17) is 15.6 Å². The van der Waals surface area contributed by atoms with Crippen LogP contribution in [0.5, 0.6) is 5.75 Å². The van der Waals surface area contributed by atoms with Crippen molar-refractivity contribution in [1.29, 1.82) is 0 Å². The van der Waals surface area contributed by atoms with Gasteiger partial charge in [-0.05, 0) is 12.1 Å². The predicted molar refractivity (Wildman–Crippen MR) is 64.7 cm³/mol. The maximum absolute atomic E-state index is 11.9. The summed E-state index contributed by atoms with van der Waals surface area (Å²) < 4.78 is 5.36. The van der Waals surface area contributed by atoms with Crippen LogP contribution < -0.4 is 15.4 Å². The molecule has 100 valence electrons. The lowest BCUT2D eigenvalue weighted by Crippen LogP contribution is -2.49. The molecular formula is C12H12N2O5. The van der Waals surface area contributed by atoms with E-state index in [1.54, 1.807) is 24.3 Å². The zero-order valence-electron chi connectivity index (χ0n) is 9.91. The summed E-state index contributed by atoms with van der Waals surface area (Å²) in [7, 11) is 0. The van der Waals surface area contributed by atoms with Crippen LogP contribution in [0.4, 0.5) is 5.69 Å². The van der Waals surface area contributed by atoms with Gasteiger partial charge in [-0.1, -0.05) is 12.1 Å². The summed E-state index contributed by atoms with van der Waals surface area (Å²) in [6, 6.07) is 6.58. The number of hydrogen-bond donors (Lipinski definition) is 2. The van der Waals surface area contributed by atoms with Gasteiger partial charge in [0.2, 0.25) is 5.91 Å². The summed E-state index contributed by atoms with van der Waals surface area (Å²) in [5.74, 6) is -2.22. The van der Waals surface area contributed by atoms with Crippen molar-refractivity contribution in [2.75, 3.05) is 11.4 Å². The largest absolute Gasteiger partial charge is 0.481 e. The average Bonchev–Trinajstić information content (AvgIpc) is 2.36. The third-order valence-corrected chi connectivity index (χ3v) is 2.69. The van der Waals surface area contributed by atoms with Crippen molar-refractivity contribution in [3.63, 3.8) is 0 Å². The quantitative estimate of drug-likeness (QED) is 0.731. The van der Waals surface area contributed by atoms with Crippen LogP contribution in [0.3, 0.4) is 0 Å².